The zero-order valence-electron chi connectivity index (χ0n) is 20.0. The van der Waals surface area contributed by atoms with Crippen molar-refractivity contribution in [3.8, 4) is 0 Å². The minimum atomic E-state index is -0.239. The van der Waals surface area contributed by atoms with Gasteiger partial charge in [0, 0.05) is 24.3 Å². The number of halogens is 1. The molecule has 9 heteroatoms. The van der Waals surface area contributed by atoms with Crippen LogP contribution in [0.1, 0.15) is 43.4 Å². The molecule has 35 heavy (non-hydrogen) atoms. The molecule has 4 rings (SSSR count). The predicted octanol–water partition coefficient (Wildman–Crippen LogP) is 5.68. The summed E-state index contributed by atoms with van der Waals surface area (Å²) in [5.41, 5.74) is 2.53. The van der Waals surface area contributed by atoms with E-state index in [0.717, 1.165) is 37.1 Å². The lowest BCUT2D eigenvalue weighted by Crippen LogP contribution is -2.31. The lowest BCUT2D eigenvalue weighted by Gasteiger charge is -2.25. The van der Waals surface area contributed by atoms with Gasteiger partial charge in [0.25, 0.3) is 11.5 Å². The molecule has 0 atom stereocenters. The number of pyridine rings is 1. The number of amides is 1. The summed E-state index contributed by atoms with van der Waals surface area (Å²) < 4.78 is 1.98. The Morgan fingerprint density at radius 3 is 2.51 bits per heavy atom. The molecule has 0 saturated carbocycles. The molecule has 0 spiro atoms. The third kappa shape index (κ3) is 5.15. The zero-order chi connectivity index (χ0) is 25.1. The number of benzene rings is 1. The van der Waals surface area contributed by atoms with Gasteiger partial charge in [-0.3, -0.25) is 18.9 Å². The summed E-state index contributed by atoms with van der Waals surface area (Å²) in [6.07, 6.45) is 5.19. The highest BCUT2D eigenvalue weighted by molar-refractivity contribution is 8.26. The van der Waals surface area contributed by atoms with Crippen molar-refractivity contribution in [1.82, 2.24) is 14.3 Å². The van der Waals surface area contributed by atoms with Gasteiger partial charge in [-0.1, -0.05) is 73.7 Å². The van der Waals surface area contributed by atoms with Gasteiger partial charge in [0.1, 0.15) is 15.8 Å². The minimum absolute atomic E-state index is 0.206. The van der Waals surface area contributed by atoms with Crippen LogP contribution >= 0.6 is 35.6 Å². The van der Waals surface area contributed by atoms with Gasteiger partial charge in [-0.25, -0.2) is 4.98 Å². The number of hydrogen-bond donors (Lipinski definition) is 0. The monoisotopic (exact) mass is 526 g/mol. The first-order valence-electron chi connectivity index (χ1n) is 11.6. The first kappa shape index (κ1) is 25.4. The molecule has 1 amide bonds. The first-order valence-corrected chi connectivity index (χ1v) is 13.2. The van der Waals surface area contributed by atoms with E-state index in [1.165, 1.54) is 16.7 Å². The van der Waals surface area contributed by atoms with Gasteiger partial charge in [0.05, 0.1) is 17.0 Å². The molecule has 1 fully saturated rings. The second kappa shape index (κ2) is 10.9. The van der Waals surface area contributed by atoms with Gasteiger partial charge in [0.2, 0.25) is 0 Å². The maximum Gasteiger partial charge on any atom is 0.267 e. The fourth-order valence-electron chi connectivity index (χ4n) is 4.10. The van der Waals surface area contributed by atoms with E-state index in [1.54, 1.807) is 22.7 Å². The van der Waals surface area contributed by atoms with Crippen LogP contribution in [0.5, 0.6) is 0 Å². The average Bonchev–Trinajstić information content (AvgIpc) is 3.10. The van der Waals surface area contributed by atoms with E-state index in [-0.39, 0.29) is 18.0 Å². The van der Waals surface area contributed by atoms with E-state index in [0.29, 0.717) is 31.3 Å². The van der Waals surface area contributed by atoms with Crippen molar-refractivity contribution in [3.05, 3.63) is 79.6 Å². The number of carbonyl (C=O) groups excluding carboxylic acids is 1. The molecule has 2 aromatic heterocycles. The summed E-state index contributed by atoms with van der Waals surface area (Å²) in [7, 11) is 0. The third-order valence-electron chi connectivity index (χ3n) is 5.79. The Bertz CT molecular complexity index is 1380. The second-order valence-corrected chi connectivity index (χ2v) is 10.5. The van der Waals surface area contributed by atoms with E-state index in [2.05, 4.69) is 18.7 Å². The number of thioether (sulfide) groups is 1. The lowest BCUT2D eigenvalue weighted by molar-refractivity contribution is -0.122. The number of nitrogens with zero attached hydrogens (tertiary/aromatic N) is 4. The number of aryl methyl sites for hydroxylation is 1. The molecular formula is C26H27ClN4O2S2. The predicted molar refractivity (Wildman–Crippen MR) is 149 cm³/mol. The molecule has 0 radical (unpaired) electrons. The number of aromatic nitrogens is 2. The van der Waals surface area contributed by atoms with Crippen LogP contribution in [-0.2, 0) is 11.3 Å². The SMILES string of the molecule is CCCN(CCC)c1nc2c(C)cccn2c(=O)c1C=C1SC(=S)N(Cc2ccccc2Cl)C1=O. The number of fused-ring (bicyclic) bond motifs is 1. The number of thiocarbonyl (C=S) groups is 1. The molecule has 3 aromatic rings. The fraction of sp³-hybridized carbons (Fsp3) is 0.308. The molecule has 0 aliphatic carbocycles. The van der Waals surface area contributed by atoms with E-state index >= 15 is 0 Å². The van der Waals surface area contributed by atoms with E-state index in [1.807, 2.05) is 37.3 Å². The summed E-state index contributed by atoms with van der Waals surface area (Å²) in [4.78, 5) is 36.0. The molecule has 0 N–H and O–H groups in total. The smallest absolute Gasteiger partial charge is 0.267 e. The Morgan fingerprint density at radius 1 is 1.11 bits per heavy atom. The highest BCUT2D eigenvalue weighted by atomic mass is 35.5. The van der Waals surface area contributed by atoms with Crippen molar-refractivity contribution in [3.63, 3.8) is 0 Å². The molecule has 182 valence electrons. The molecule has 1 aromatic carbocycles. The van der Waals surface area contributed by atoms with Gasteiger partial charge < -0.3 is 4.90 Å². The molecule has 1 saturated heterocycles. The van der Waals surface area contributed by atoms with Crippen LogP contribution < -0.4 is 10.5 Å². The highest BCUT2D eigenvalue weighted by Gasteiger charge is 2.33. The van der Waals surface area contributed by atoms with Crippen molar-refractivity contribution < 1.29 is 4.79 Å². The quantitative estimate of drug-likeness (QED) is 0.278. The number of anilines is 1. The number of hydrogen-bond acceptors (Lipinski definition) is 6. The molecular weight excluding hydrogens is 500 g/mol. The fourth-order valence-corrected chi connectivity index (χ4v) is 5.53. The van der Waals surface area contributed by atoms with E-state index < -0.39 is 0 Å². The van der Waals surface area contributed by atoms with Crippen LogP contribution in [0.15, 0.2) is 52.3 Å². The van der Waals surface area contributed by atoms with Crippen molar-refractivity contribution in [2.75, 3.05) is 18.0 Å². The maximum atomic E-state index is 13.7. The van der Waals surface area contributed by atoms with Crippen LogP contribution in [-0.4, -0.2) is 37.6 Å². The molecule has 1 aliphatic heterocycles. The average molecular weight is 527 g/mol. The van der Waals surface area contributed by atoms with Crippen molar-refractivity contribution >= 4 is 63.3 Å². The van der Waals surface area contributed by atoms with Crippen molar-refractivity contribution in [2.24, 2.45) is 0 Å². The summed E-state index contributed by atoms with van der Waals surface area (Å²) in [6.45, 7) is 7.94. The van der Waals surface area contributed by atoms with Gasteiger partial charge in [-0.05, 0) is 49.1 Å². The molecule has 0 bridgehead atoms. The highest BCUT2D eigenvalue weighted by Crippen LogP contribution is 2.35. The molecule has 3 heterocycles. The summed E-state index contributed by atoms with van der Waals surface area (Å²) in [6, 6.07) is 11.1. The van der Waals surface area contributed by atoms with Crippen LogP contribution in [0.2, 0.25) is 5.02 Å². The van der Waals surface area contributed by atoms with Crippen molar-refractivity contribution in [2.45, 2.75) is 40.2 Å². The standard InChI is InChI=1S/C26H27ClN4O2S2/c1-4-12-29(13-5-2)23-19(24(32)30-14-8-9-17(3)22(30)28-23)15-21-25(33)31(26(34)35-21)16-18-10-6-7-11-20(18)27/h6-11,14-15H,4-5,12-13,16H2,1-3H3. The summed E-state index contributed by atoms with van der Waals surface area (Å²) in [5.74, 6) is 0.363. The van der Waals surface area contributed by atoms with Crippen molar-refractivity contribution in [1.29, 1.82) is 0 Å². The Hall–Kier alpha value is -2.68. The topological polar surface area (TPSA) is 57.9 Å². The Morgan fingerprint density at radius 2 is 1.83 bits per heavy atom. The van der Waals surface area contributed by atoms with E-state index in [4.69, 9.17) is 28.8 Å². The molecule has 1 aliphatic rings. The molecule has 6 nitrogen and oxygen atoms in total. The van der Waals surface area contributed by atoms with Gasteiger partial charge in [-0.2, -0.15) is 0 Å². The Labute approximate surface area is 219 Å². The normalized spacial score (nSPS) is 15.0. The van der Waals surface area contributed by atoms with E-state index in [9.17, 15) is 9.59 Å². The van der Waals surface area contributed by atoms with Crippen LogP contribution in [0, 0.1) is 6.92 Å². The van der Waals surface area contributed by atoms with Gasteiger partial charge >= 0.3 is 0 Å². The Kier molecular flexibility index (Phi) is 7.94. The third-order valence-corrected chi connectivity index (χ3v) is 7.53. The molecule has 0 unspecified atom stereocenters. The first-order chi connectivity index (χ1) is 16.8. The van der Waals surface area contributed by atoms with Gasteiger partial charge in [0.15, 0.2) is 0 Å². The lowest BCUT2D eigenvalue weighted by atomic mass is 10.2. The summed E-state index contributed by atoms with van der Waals surface area (Å²) in [5, 5.41) is 0.579. The van der Waals surface area contributed by atoms with Crippen LogP contribution in [0.25, 0.3) is 11.7 Å². The zero-order valence-corrected chi connectivity index (χ0v) is 22.3. The van der Waals surface area contributed by atoms with Crippen LogP contribution in [0.3, 0.4) is 0 Å². The minimum Gasteiger partial charge on any atom is -0.356 e. The summed E-state index contributed by atoms with van der Waals surface area (Å²) >= 11 is 13.0. The Balaban J connectivity index is 1.82. The number of rotatable bonds is 8. The second-order valence-electron chi connectivity index (χ2n) is 8.39. The number of carbonyl (C=O) groups is 1. The van der Waals surface area contributed by atoms with Gasteiger partial charge in [-0.15, -0.1) is 0 Å². The van der Waals surface area contributed by atoms with Crippen LogP contribution in [0.4, 0.5) is 5.82 Å². The largest absolute Gasteiger partial charge is 0.356 e. The maximum absolute atomic E-state index is 13.7.